The Morgan fingerprint density at radius 2 is 2.06 bits per heavy atom. The molecule has 1 N–H and O–H groups in total. The summed E-state index contributed by atoms with van der Waals surface area (Å²) < 4.78 is 5.16. The van der Waals surface area contributed by atoms with Crippen LogP contribution >= 0.6 is 11.6 Å². The van der Waals surface area contributed by atoms with Crippen LogP contribution in [0, 0.1) is 6.92 Å². The number of amides is 1. The number of nitrogens with one attached hydrogen (secondary N) is 1. The number of anilines is 1. The third-order valence-corrected chi connectivity index (χ3v) is 2.42. The zero-order valence-electron chi connectivity index (χ0n) is 10.6. The zero-order chi connectivity index (χ0) is 13.1. The molecule has 0 spiro atoms. The average Bonchev–Trinajstić information content (AvgIpc) is 2.14. The van der Waals surface area contributed by atoms with E-state index in [4.69, 9.17) is 16.3 Å². The van der Waals surface area contributed by atoms with E-state index in [1.54, 1.807) is 0 Å². The van der Waals surface area contributed by atoms with Gasteiger partial charge in [0.05, 0.1) is 0 Å². The second-order valence-corrected chi connectivity index (χ2v) is 5.17. The number of carbonyl (C=O) groups is 1. The molecule has 17 heavy (non-hydrogen) atoms. The van der Waals surface area contributed by atoms with Gasteiger partial charge < -0.3 is 4.74 Å². The number of hydrogen-bond donors (Lipinski definition) is 1. The molecule has 0 saturated carbocycles. The second kappa shape index (κ2) is 5.41. The van der Waals surface area contributed by atoms with Crippen LogP contribution in [0.25, 0.3) is 0 Å². The molecule has 3 nitrogen and oxygen atoms in total. The number of alkyl halides is 1. The average molecular weight is 256 g/mol. The Morgan fingerprint density at radius 1 is 1.41 bits per heavy atom. The summed E-state index contributed by atoms with van der Waals surface area (Å²) in [5.74, 6) is 0.471. The van der Waals surface area contributed by atoms with E-state index in [1.165, 1.54) is 0 Å². The van der Waals surface area contributed by atoms with Gasteiger partial charge in [0.2, 0.25) is 0 Å². The maximum atomic E-state index is 11.5. The van der Waals surface area contributed by atoms with Gasteiger partial charge in [-0.3, -0.25) is 5.32 Å². The highest BCUT2D eigenvalue weighted by atomic mass is 35.5. The predicted molar refractivity (Wildman–Crippen MR) is 70.6 cm³/mol. The minimum Gasteiger partial charge on any atom is -0.444 e. The van der Waals surface area contributed by atoms with E-state index in [0.29, 0.717) is 11.6 Å². The highest BCUT2D eigenvalue weighted by Gasteiger charge is 2.16. The fraction of sp³-hybridized carbons (Fsp3) is 0.462. The molecule has 0 radical (unpaired) electrons. The SMILES string of the molecule is Cc1cc(NC(=O)OC(C)(C)C)ccc1CCl. The number of halogens is 1. The fourth-order valence-corrected chi connectivity index (χ4v) is 1.64. The van der Waals surface area contributed by atoms with Crippen LogP contribution in [0.2, 0.25) is 0 Å². The van der Waals surface area contributed by atoms with Gasteiger partial charge in [-0.2, -0.15) is 0 Å². The highest BCUT2D eigenvalue weighted by molar-refractivity contribution is 6.17. The number of hydrogen-bond acceptors (Lipinski definition) is 2. The Balaban J connectivity index is 2.69. The molecule has 1 amide bonds. The lowest BCUT2D eigenvalue weighted by molar-refractivity contribution is 0.0636. The molecule has 0 aliphatic carbocycles. The molecule has 0 saturated heterocycles. The van der Waals surface area contributed by atoms with E-state index >= 15 is 0 Å². The lowest BCUT2D eigenvalue weighted by Crippen LogP contribution is -2.27. The van der Waals surface area contributed by atoms with Crippen molar-refractivity contribution in [1.82, 2.24) is 0 Å². The van der Waals surface area contributed by atoms with Crippen LogP contribution in [0.1, 0.15) is 31.9 Å². The molecule has 1 aromatic rings. The van der Waals surface area contributed by atoms with Gasteiger partial charge in [-0.05, 0) is 51.0 Å². The summed E-state index contributed by atoms with van der Waals surface area (Å²) in [5, 5.41) is 2.69. The first-order valence-corrected chi connectivity index (χ1v) is 6.01. The molecule has 0 aromatic heterocycles. The van der Waals surface area contributed by atoms with Crippen molar-refractivity contribution >= 4 is 23.4 Å². The van der Waals surface area contributed by atoms with Crippen molar-refractivity contribution < 1.29 is 9.53 Å². The quantitative estimate of drug-likeness (QED) is 0.809. The Kier molecular flexibility index (Phi) is 4.40. The summed E-state index contributed by atoms with van der Waals surface area (Å²) >= 11 is 5.77. The van der Waals surface area contributed by atoms with Gasteiger partial charge in [-0.1, -0.05) is 6.07 Å². The van der Waals surface area contributed by atoms with Crippen LogP contribution in [-0.2, 0) is 10.6 Å². The highest BCUT2D eigenvalue weighted by Crippen LogP contribution is 2.17. The van der Waals surface area contributed by atoms with Crippen LogP contribution < -0.4 is 5.32 Å². The van der Waals surface area contributed by atoms with Crippen LogP contribution in [0.15, 0.2) is 18.2 Å². The molecular weight excluding hydrogens is 238 g/mol. The molecule has 94 valence electrons. The van der Waals surface area contributed by atoms with E-state index < -0.39 is 11.7 Å². The maximum Gasteiger partial charge on any atom is 0.412 e. The lowest BCUT2D eigenvalue weighted by atomic mass is 10.1. The zero-order valence-corrected chi connectivity index (χ0v) is 11.4. The second-order valence-electron chi connectivity index (χ2n) is 4.90. The van der Waals surface area contributed by atoms with Gasteiger partial charge in [-0.25, -0.2) is 4.79 Å². The van der Waals surface area contributed by atoms with E-state index in [-0.39, 0.29) is 0 Å². The Hall–Kier alpha value is -1.22. The van der Waals surface area contributed by atoms with Crippen molar-refractivity contribution in [2.75, 3.05) is 5.32 Å². The molecule has 4 heteroatoms. The van der Waals surface area contributed by atoms with Gasteiger partial charge >= 0.3 is 6.09 Å². The monoisotopic (exact) mass is 255 g/mol. The molecule has 1 aromatic carbocycles. The molecule has 0 atom stereocenters. The normalized spacial score (nSPS) is 11.1. The maximum absolute atomic E-state index is 11.5. The molecule has 0 bridgehead atoms. The van der Waals surface area contributed by atoms with Crippen LogP contribution in [0.5, 0.6) is 0 Å². The van der Waals surface area contributed by atoms with Crippen LogP contribution in [0.3, 0.4) is 0 Å². The third-order valence-electron chi connectivity index (χ3n) is 2.13. The van der Waals surface area contributed by atoms with Gasteiger partial charge in [0, 0.05) is 11.6 Å². The largest absolute Gasteiger partial charge is 0.444 e. The van der Waals surface area contributed by atoms with Crippen molar-refractivity contribution in [3.05, 3.63) is 29.3 Å². The van der Waals surface area contributed by atoms with E-state index in [9.17, 15) is 4.79 Å². The molecule has 0 aliphatic rings. The summed E-state index contributed by atoms with van der Waals surface area (Å²) in [6.07, 6.45) is -0.449. The number of carbonyl (C=O) groups excluding carboxylic acids is 1. The van der Waals surface area contributed by atoms with Crippen molar-refractivity contribution in [2.24, 2.45) is 0 Å². The minimum absolute atomic E-state index is 0.449. The van der Waals surface area contributed by atoms with Crippen LogP contribution in [-0.4, -0.2) is 11.7 Å². The summed E-state index contributed by atoms with van der Waals surface area (Å²) in [5.41, 5.74) is 2.33. The predicted octanol–water partition coefficient (Wildman–Crippen LogP) is 4.08. The smallest absolute Gasteiger partial charge is 0.412 e. The van der Waals surface area contributed by atoms with Crippen LogP contribution in [0.4, 0.5) is 10.5 Å². The summed E-state index contributed by atoms with van der Waals surface area (Å²) in [6.45, 7) is 7.44. The van der Waals surface area contributed by atoms with Gasteiger partial charge in [0.1, 0.15) is 5.60 Å². The lowest BCUT2D eigenvalue weighted by Gasteiger charge is -2.19. The Bertz CT molecular complexity index is 410. The number of benzene rings is 1. The molecular formula is C13H18ClNO2. The minimum atomic E-state index is -0.491. The van der Waals surface area contributed by atoms with E-state index in [2.05, 4.69) is 5.32 Å². The standard InChI is InChI=1S/C13H18ClNO2/c1-9-7-11(6-5-10(9)8-14)15-12(16)17-13(2,3)4/h5-7H,8H2,1-4H3,(H,15,16). The van der Waals surface area contributed by atoms with Crippen molar-refractivity contribution in [1.29, 1.82) is 0 Å². The van der Waals surface area contributed by atoms with Gasteiger partial charge in [0.15, 0.2) is 0 Å². The first kappa shape index (κ1) is 13.8. The van der Waals surface area contributed by atoms with Gasteiger partial charge in [-0.15, -0.1) is 11.6 Å². The molecule has 0 aliphatic heterocycles. The molecule has 1 rings (SSSR count). The first-order valence-electron chi connectivity index (χ1n) is 5.47. The number of aryl methyl sites for hydroxylation is 1. The number of ether oxygens (including phenoxy) is 1. The topological polar surface area (TPSA) is 38.3 Å². The summed E-state index contributed by atoms with van der Waals surface area (Å²) in [4.78, 5) is 11.5. The molecule has 0 fully saturated rings. The van der Waals surface area contributed by atoms with Crippen molar-refractivity contribution in [2.45, 2.75) is 39.2 Å². The van der Waals surface area contributed by atoms with E-state index in [0.717, 1.165) is 11.1 Å². The molecule has 0 unspecified atom stereocenters. The van der Waals surface area contributed by atoms with Crippen molar-refractivity contribution in [3.63, 3.8) is 0 Å². The fourth-order valence-electron chi connectivity index (χ4n) is 1.35. The van der Waals surface area contributed by atoms with E-state index in [1.807, 2.05) is 45.9 Å². The molecule has 0 heterocycles. The third kappa shape index (κ3) is 4.65. The van der Waals surface area contributed by atoms with Crippen molar-refractivity contribution in [3.8, 4) is 0 Å². The van der Waals surface area contributed by atoms with Gasteiger partial charge in [0.25, 0.3) is 0 Å². The first-order chi connectivity index (χ1) is 7.81. The number of rotatable bonds is 2. The summed E-state index contributed by atoms with van der Waals surface area (Å²) in [7, 11) is 0. The summed E-state index contributed by atoms with van der Waals surface area (Å²) in [6, 6.07) is 5.59. The Morgan fingerprint density at radius 3 is 2.53 bits per heavy atom. The Labute approximate surface area is 107 Å².